The highest BCUT2D eigenvalue weighted by atomic mass is 16.2. The summed E-state index contributed by atoms with van der Waals surface area (Å²) in [4.78, 5) is 41.9. The van der Waals surface area contributed by atoms with Gasteiger partial charge in [-0.25, -0.2) is 0 Å². The summed E-state index contributed by atoms with van der Waals surface area (Å²) >= 11 is 0. The molecular formula is C24H27N3O3. The van der Waals surface area contributed by atoms with E-state index < -0.39 is 6.04 Å². The Kier molecular flexibility index (Phi) is 5.57. The predicted molar refractivity (Wildman–Crippen MR) is 116 cm³/mol. The minimum absolute atomic E-state index is 0.00363. The third-order valence-electron chi connectivity index (χ3n) is 6.05. The van der Waals surface area contributed by atoms with Gasteiger partial charge >= 0.3 is 0 Å². The first-order chi connectivity index (χ1) is 14.5. The summed E-state index contributed by atoms with van der Waals surface area (Å²) in [5.41, 5.74) is 1.95. The standard InChI is InChI=1S/C24H27N3O3/c1-3-26(21-12-13-27(24(21)30)19-10-5-4-6-11-19)23(29)17-8-7-9-18(15-17)25-22(28)20-14-16(20)2/h4-11,15-16,20-21H,3,12-14H2,1-2H3,(H,25,28)/t16-,20-,21+/m1/s1. The maximum atomic E-state index is 13.2. The zero-order chi connectivity index (χ0) is 21.3. The maximum Gasteiger partial charge on any atom is 0.254 e. The molecule has 0 spiro atoms. The van der Waals surface area contributed by atoms with E-state index in [1.54, 1.807) is 34.1 Å². The molecule has 3 amide bonds. The van der Waals surface area contributed by atoms with Gasteiger partial charge in [-0.05, 0) is 56.0 Å². The van der Waals surface area contributed by atoms with Gasteiger partial charge in [-0.3, -0.25) is 14.4 Å². The summed E-state index contributed by atoms with van der Waals surface area (Å²) in [6.07, 6.45) is 1.51. The topological polar surface area (TPSA) is 69.7 Å². The van der Waals surface area contributed by atoms with Gasteiger partial charge in [0.1, 0.15) is 6.04 Å². The number of benzene rings is 2. The van der Waals surface area contributed by atoms with Crippen molar-refractivity contribution in [2.45, 2.75) is 32.7 Å². The summed E-state index contributed by atoms with van der Waals surface area (Å²) in [6.45, 7) is 4.97. The molecule has 0 aromatic heterocycles. The SMILES string of the molecule is CCN(C(=O)c1cccc(NC(=O)[C@@H]2C[C@H]2C)c1)[C@H]1CCN(c2ccccc2)C1=O. The Morgan fingerprint density at radius 2 is 1.87 bits per heavy atom. The Morgan fingerprint density at radius 3 is 2.53 bits per heavy atom. The fourth-order valence-electron chi connectivity index (χ4n) is 4.14. The Hall–Kier alpha value is -3.15. The first-order valence-corrected chi connectivity index (χ1v) is 10.6. The van der Waals surface area contributed by atoms with Gasteiger partial charge in [0.2, 0.25) is 11.8 Å². The average Bonchev–Trinajstić information content (AvgIpc) is 3.39. The second-order valence-corrected chi connectivity index (χ2v) is 8.11. The lowest BCUT2D eigenvalue weighted by atomic mass is 10.1. The van der Waals surface area contributed by atoms with E-state index in [1.165, 1.54) is 0 Å². The lowest BCUT2D eigenvalue weighted by Crippen LogP contribution is -2.45. The lowest BCUT2D eigenvalue weighted by Gasteiger charge is -2.27. The number of hydrogen-bond donors (Lipinski definition) is 1. The third-order valence-corrected chi connectivity index (χ3v) is 6.05. The molecule has 3 atom stereocenters. The Morgan fingerprint density at radius 1 is 1.13 bits per heavy atom. The van der Waals surface area contributed by atoms with Gasteiger partial charge in [0.25, 0.3) is 5.91 Å². The highest BCUT2D eigenvalue weighted by Gasteiger charge is 2.40. The molecule has 1 saturated carbocycles. The van der Waals surface area contributed by atoms with Crippen LogP contribution >= 0.6 is 0 Å². The molecule has 6 heteroatoms. The van der Waals surface area contributed by atoms with Crippen LogP contribution in [0.3, 0.4) is 0 Å². The molecule has 1 aliphatic carbocycles. The monoisotopic (exact) mass is 405 g/mol. The largest absolute Gasteiger partial charge is 0.327 e. The fourth-order valence-corrected chi connectivity index (χ4v) is 4.14. The van der Waals surface area contributed by atoms with Crippen LogP contribution in [-0.2, 0) is 9.59 Å². The smallest absolute Gasteiger partial charge is 0.254 e. The molecule has 1 heterocycles. The van der Waals surface area contributed by atoms with Crippen LogP contribution in [0.4, 0.5) is 11.4 Å². The van der Waals surface area contributed by atoms with Crippen LogP contribution in [0.15, 0.2) is 54.6 Å². The number of rotatable bonds is 6. The average molecular weight is 405 g/mol. The molecule has 0 bridgehead atoms. The normalized spacial score (nSPS) is 22.7. The zero-order valence-electron chi connectivity index (χ0n) is 17.4. The van der Waals surface area contributed by atoms with Crippen LogP contribution in [0.5, 0.6) is 0 Å². The highest BCUT2D eigenvalue weighted by molar-refractivity contribution is 6.04. The van der Waals surface area contributed by atoms with Gasteiger partial charge in [0.15, 0.2) is 0 Å². The van der Waals surface area contributed by atoms with Crippen molar-refractivity contribution in [2.75, 3.05) is 23.3 Å². The number of nitrogens with zero attached hydrogens (tertiary/aromatic N) is 2. The van der Waals surface area contributed by atoms with Gasteiger partial charge in [-0.15, -0.1) is 0 Å². The van der Waals surface area contributed by atoms with Gasteiger partial charge in [-0.2, -0.15) is 0 Å². The van der Waals surface area contributed by atoms with Crippen LogP contribution in [-0.4, -0.2) is 41.8 Å². The molecule has 4 rings (SSSR count). The number of nitrogens with one attached hydrogen (secondary N) is 1. The van der Waals surface area contributed by atoms with E-state index in [1.807, 2.05) is 37.3 Å². The van der Waals surface area contributed by atoms with E-state index in [4.69, 9.17) is 0 Å². The number of likely N-dealkylation sites (N-methyl/N-ethyl adjacent to an activating group) is 1. The minimum atomic E-state index is -0.478. The summed E-state index contributed by atoms with van der Waals surface area (Å²) in [5.74, 6) is 0.247. The molecule has 0 unspecified atom stereocenters. The molecule has 0 radical (unpaired) electrons. The van der Waals surface area contributed by atoms with Crippen LogP contribution in [0, 0.1) is 11.8 Å². The minimum Gasteiger partial charge on any atom is -0.327 e. The van der Waals surface area contributed by atoms with E-state index in [-0.39, 0.29) is 23.6 Å². The van der Waals surface area contributed by atoms with E-state index in [2.05, 4.69) is 12.2 Å². The lowest BCUT2D eigenvalue weighted by molar-refractivity contribution is -0.121. The maximum absolute atomic E-state index is 13.2. The van der Waals surface area contributed by atoms with Crippen molar-refractivity contribution in [3.63, 3.8) is 0 Å². The van der Waals surface area contributed by atoms with Gasteiger partial charge in [0, 0.05) is 35.9 Å². The quantitative estimate of drug-likeness (QED) is 0.799. The number of amides is 3. The number of hydrogen-bond acceptors (Lipinski definition) is 3. The first-order valence-electron chi connectivity index (χ1n) is 10.6. The Balaban J connectivity index is 1.48. The van der Waals surface area contributed by atoms with E-state index in [0.29, 0.717) is 36.7 Å². The van der Waals surface area contributed by atoms with Gasteiger partial charge < -0.3 is 15.1 Å². The Labute approximate surface area is 176 Å². The van der Waals surface area contributed by atoms with Crippen molar-refractivity contribution in [3.8, 4) is 0 Å². The van der Waals surface area contributed by atoms with Crippen molar-refractivity contribution >= 4 is 29.1 Å². The number of para-hydroxylation sites is 1. The van der Waals surface area contributed by atoms with E-state index >= 15 is 0 Å². The van der Waals surface area contributed by atoms with Crippen molar-refractivity contribution in [3.05, 3.63) is 60.2 Å². The van der Waals surface area contributed by atoms with Crippen LogP contribution in [0.1, 0.15) is 37.0 Å². The van der Waals surface area contributed by atoms with Crippen LogP contribution in [0.25, 0.3) is 0 Å². The molecule has 30 heavy (non-hydrogen) atoms. The summed E-state index contributed by atoms with van der Waals surface area (Å²) in [7, 11) is 0. The number of carbonyl (C=O) groups excluding carboxylic acids is 3. The summed E-state index contributed by atoms with van der Waals surface area (Å²) in [6, 6.07) is 16.0. The second kappa shape index (κ2) is 8.30. The molecular weight excluding hydrogens is 378 g/mol. The fraction of sp³-hybridized carbons (Fsp3) is 0.375. The molecule has 1 saturated heterocycles. The third kappa shape index (κ3) is 3.95. The Bertz CT molecular complexity index is 959. The van der Waals surface area contributed by atoms with Crippen molar-refractivity contribution < 1.29 is 14.4 Å². The molecule has 2 fully saturated rings. The summed E-state index contributed by atoms with van der Waals surface area (Å²) < 4.78 is 0. The molecule has 156 valence electrons. The van der Waals surface area contributed by atoms with E-state index in [9.17, 15) is 14.4 Å². The molecule has 1 aliphatic heterocycles. The first kappa shape index (κ1) is 20.1. The molecule has 2 aromatic carbocycles. The molecule has 6 nitrogen and oxygen atoms in total. The van der Waals surface area contributed by atoms with Gasteiger partial charge in [0.05, 0.1) is 0 Å². The van der Waals surface area contributed by atoms with Crippen molar-refractivity contribution in [2.24, 2.45) is 11.8 Å². The zero-order valence-corrected chi connectivity index (χ0v) is 17.4. The molecule has 1 N–H and O–H groups in total. The van der Waals surface area contributed by atoms with E-state index in [0.717, 1.165) is 12.1 Å². The van der Waals surface area contributed by atoms with Crippen molar-refractivity contribution in [1.29, 1.82) is 0 Å². The second-order valence-electron chi connectivity index (χ2n) is 8.11. The highest BCUT2D eigenvalue weighted by Crippen LogP contribution is 2.38. The van der Waals surface area contributed by atoms with Crippen LogP contribution in [0.2, 0.25) is 0 Å². The summed E-state index contributed by atoms with van der Waals surface area (Å²) in [5, 5.41) is 2.91. The van der Waals surface area contributed by atoms with Crippen LogP contribution < -0.4 is 10.2 Å². The molecule has 2 aromatic rings. The number of anilines is 2. The number of carbonyl (C=O) groups is 3. The van der Waals surface area contributed by atoms with Gasteiger partial charge in [-0.1, -0.05) is 31.2 Å². The molecule has 2 aliphatic rings. The van der Waals surface area contributed by atoms with Crippen molar-refractivity contribution in [1.82, 2.24) is 4.90 Å². The predicted octanol–water partition coefficient (Wildman–Crippen LogP) is 3.55.